The standard InChI is InChI=1S/C17H20N4O5/c1-20-9-10(7-19-20)15-12(4-6-14(22)21(15)2)16(23)18-8-11-3-5-13(26-11)17(24)25/h3,5,7,9,12,15H,4,6,8H2,1-2H3,(H,18,23)(H,24,25). The number of aromatic nitrogens is 2. The number of nitrogens with zero attached hydrogens (tertiary/aromatic N) is 3. The van der Waals surface area contributed by atoms with Crippen LogP contribution >= 0.6 is 0 Å². The zero-order valence-corrected chi connectivity index (χ0v) is 14.5. The first-order chi connectivity index (χ1) is 12.4. The summed E-state index contributed by atoms with van der Waals surface area (Å²) in [5.74, 6) is -1.63. The predicted molar refractivity (Wildman–Crippen MR) is 89.0 cm³/mol. The van der Waals surface area contributed by atoms with E-state index in [0.717, 1.165) is 5.56 Å². The molecule has 1 aliphatic heterocycles. The zero-order valence-electron chi connectivity index (χ0n) is 14.5. The molecule has 3 heterocycles. The topological polar surface area (TPSA) is 118 Å². The van der Waals surface area contributed by atoms with E-state index in [0.29, 0.717) is 18.6 Å². The number of piperidine rings is 1. The second-order valence-corrected chi connectivity index (χ2v) is 6.33. The number of carbonyl (C=O) groups excluding carboxylic acids is 2. The summed E-state index contributed by atoms with van der Waals surface area (Å²) in [5.41, 5.74) is 0.800. The fraction of sp³-hybridized carbons (Fsp3) is 0.412. The van der Waals surface area contributed by atoms with Crippen LogP contribution in [0.25, 0.3) is 0 Å². The van der Waals surface area contributed by atoms with Gasteiger partial charge in [-0.1, -0.05) is 0 Å². The van der Waals surface area contributed by atoms with Crippen LogP contribution in [0.5, 0.6) is 0 Å². The Bertz CT molecular complexity index is 840. The third kappa shape index (κ3) is 3.46. The van der Waals surface area contributed by atoms with Gasteiger partial charge in [0.15, 0.2) is 0 Å². The van der Waals surface area contributed by atoms with Gasteiger partial charge in [0.2, 0.25) is 17.6 Å². The molecule has 2 unspecified atom stereocenters. The number of hydrogen-bond donors (Lipinski definition) is 2. The molecule has 3 rings (SSSR count). The van der Waals surface area contributed by atoms with Crippen molar-refractivity contribution < 1.29 is 23.9 Å². The molecule has 0 aromatic carbocycles. The highest BCUT2D eigenvalue weighted by molar-refractivity contribution is 5.85. The van der Waals surface area contributed by atoms with Gasteiger partial charge in [-0.15, -0.1) is 0 Å². The predicted octanol–water partition coefficient (Wildman–Crippen LogP) is 0.937. The van der Waals surface area contributed by atoms with Gasteiger partial charge in [0, 0.05) is 32.3 Å². The van der Waals surface area contributed by atoms with Gasteiger partial charge in [-0.3, -0.25) is 14.3 Å². The van der Waals surface area contributed by atoms with Crippen LogP contribution in [0.4, 0.5) is 0 Å². The minimum atomic E-state index is -1.16. The number of hydrogen-bond acceptors (Lipinski definition) is 5. The quantitative estimate of drug-likeness (QED) is 0.819. The summed E-state index contributed by atoms with van der Waals surface area (Å²) in [6.45, 7) is 0.0834. The second-order valence-electron chi connectivity index (χ2n) is 6.33. The molecule has 0 radical (unpaired) electrons. The molecule has 1 saturated heterocycles. The Balaban J connectivity index is 1.73. The minimum Gasteiger partial charge on any atom is -0.475 e. The number of aromatic carboxylic acids is 1. The van der Waals surface area contributed by atoms with Gasteiger partial charge in [-0.25, -0.2) is 4.79 Å². The molecule has 2 atom stereocenters. The van der Waals surface area contributed by atoms with E-state index in [1.165, 1.54) is 12.1 Å². The van der Waals surface area contributed by atoms with Crippen LogP contribution in [0.2, 0.25) is 0 Å². The lowest BCUT2D eigenvalue weighted by Gasteiger charge is -2.37. The number of carboxylic acid groups (broad SMARTS) is 1. The van der Waals surface area contributed by atoms with Crippen molar-refractivity contribution in [3.8, 4) is 0 Å². The van der Waals surface area contributed by atoms with Crippen LogP contribution in [0.15, 0.2) is 28.9 Å². The molecule has 0 aliphatic carbocycles. The van der Waals surface area contributed by atoms with Crippen molar-refractivity contribution in [2.24, 2.45) is 13.0 Å². The van der Waals surface area contributed by atoms with Crippen molar-refractivity contribution >= 4 is 17.8 Å². The zero-order chi connectivity index (χ0) is 18.8. The molecule has 138 valence electrons. The van der Waals surface area contributed by atoms with Gasteiger partial charge in [-0.2, -0.15) is 5.10 Å². The molecule has 1 fully saturated rings. The average molecular weight is 360 g/mol. The van der Waals surface area contributed by atoms with E-state index >= 15 is 0 Å². The van der Waals surface area contributed by atoms with Crippen molar-refractivity contribution in [2.75, 3.05) is 7.05 Å². The van der Waals surface area contributed by atoms with Crippen LogP contribution in [0.1, 0.15) is 40.8 Å². The summed E-state index contributed by atoms with van der Waals surface area (Å²) in [5, 5.41) is 15.8. The van der Waals surface area contributed by atoms with Gasteiger partial charge in [0.05, 0.1) is 24.7 Å². The minimum absolute atomic E-state index is 0.0139. The Morgan fingerprint density at radius 1 is 1.38 bits per heavy atom. The third-order valence-corrected chi connectivity index (χ3v) is 4.57. The lowest BCUT2D eigenvalue weighted by Crippen LogP contribution is -2.46. The summed E-state index contributed by atoms with van der Waals surface area (Å²) in [7, 11) is 3.46. The number of carbonyl (C=O) groups is 3. The molecule has 9 nitrogen and oxygen atoms in total. The number of furan rings is 1. The van der Waals surface area contributed by atoms with Crippen LogP contribution < -0.4 is 5.32 Å². The Kier molecular flexibility index (Phi) is 4.79. The highest BCUT2D eigenvalue weighted by Crippen LogP contribution is 2.35. The summed E-state index contributed by atoms with van der Waals surface area (Å²) < 4.78 is 6.78. The normalized spacial score (nSPS) is 20.2. The Morgan fingerprint density at radius 2 is 2.15 bits per heavy atom. The average Bonchev–Trinajstić information content (AvgIpc) is 3.24. The highest BCUT2D eigenvalue weighted by atomic mass is 16.4. The maximum Gasteiger partial charge on any atom is 0.371 e. The molecule has 2 N–H and O–H groups in total. The number of likely N-dealkylation sites (tertiary alicyclic amines) is 1. The van der Waals surface area contributed by atoms with E-state index < -0.39 is 17.9 Å². The van der Waals surface area contributed by atoms with E-state index in [2.05, 4.69) is 10.4 Å². The molecule has 2 aromatic heterocycles. The first-order valence-electron chi connectivity index (χ1n) is 8.20. The van der Waals surface area contributed by atoms with Crippen molar-refractivity contribution in [3.63, 3.8) is 0 Å². The molecule has 2 amide bonds. The lowest BCUT2D eigenvalue weighted by atomic mass is 9.85. The van der Waals surface area contributed by atoms with Crippen molar-refractivity contribution in [2.45, 2.75) is 25.4 Å². The molecule has 0 bridgehead atoms. The Morgan fingerprint density at radius 3 is 2.77 bits per heavy atom. The molecule has 0 saturated carbocycles. The summed E-state index contributed by atoms with van der Waals surface area (Å²) in [6.07, 6.45) is 4.19. The summed E-state index contributed by atoms with van der Waals surface area (Å²) >= 11 is 0. The number of amides is 2. The molecule has 9 heteroatoms. The molecule has 1 aliphatic rings. The smallest absolute Gasteiger partial charge is 0.371 e. The maximum absolute atomic E-state index is 12.7. The molecule has 26 heavy (non-hydrogen) atoms. The first kappa shape index (κ1) is 17.7. The number of aryl methyl sites for hydroxylation is 1. The van der Waals surface area contributed by atoms with Gasteiger partial charge in [-0.05, 0) is 18.6 Å². The molecular weight excluding hydrogens is 340 g/mol. The Labute approximate surface area is 149 Å². The van der Waals surface area contributed by atoms with Crippen molar-refractivity contribution in [1.29, 1.82) is 0 Å². The largest absolute Gasteiger partial charge is 0.475 e. The van der Waals surface area contributed by atoms with Crippen LogP contribution in [0, 0.1) is 5.92 Å². The van der Waals surface area contributed by atoms with Gasteiger partial charge >= 0.3 is 5.97 Å². The van der Waals surface area contributed by atoms with E-state index in [9.17, 15) is 14.4 Å². The van der Waals surface area contributed by atoms with Gasteiger partial charge in [0.25, 0.3) is 0 Å². The Hall–Kier alpha value is -3.10. The molecule has 2 aromatic rings. The number of nitrogens with one attached hydrogen (secondary N) is 1. The number of carboxylic acids is 1. The lowest BCUT2D eigenvalue weighted by molar-refractivity contribution is -0.141. The van der Waals surface area contributed by atoms with E-state index in [1.807, 2.05) is 0 Å². The fourth-order valence-corrected chi connectivity index (χ4v) is 3.25. The van der Waals surface area contributed by atoms with Gasteiger partial charge < -0.3 is 19.7 Å². The van der Waals surface area contributed by atoms with E-state index in [-0.39, 0.29) is 24.1 Å². The van der Waals surface area contributed by atoms with Crippen molar-refractivity contribution in [1.82, 2.24) is 20.0 Å². The van der Waals surface area contributed by atoms with E-state index in [4.69, 9.17) is 9.52 Å². The fourth-order valence-electron chi connectivity index (χ4n) is 3.25. The summed E-state index contributed by atoms with van der Waals surface area (Å²) in [4.78, 5) is 37.2. The third-order valence-electron chi connectivity index (χ3n) is 4.57. The number of rotatable bonds is 5. The monoisotopic (exact) mass is 360 g/mol. The van der Waals surface area contributed by atoms with Gasteiger partial charge in [0.1, 0.15) is 5.76 Å². The summed E-state index contributed by atoms with van der Waals surface area (Å²) in [6, 6.07) is 2.46. The molecule has 0 spiro atoms. The first-order valence-corrected chi connectivity index (χ1v) is 8.20. The second kappa shape index (κ2) is 7.03. The SMILES string of the molecule is CN1C(=O)CCC(C(=O)NCc2ccc(C(=O)O)o2)C1c1cnn(C)c1. The highest BCUT2D eigenvalue weighted by Gasteiger charge is 2.39. The van der Waals surface area contributed by atoms with Crippen LogP contribution in [-0.4, -0.2) is 44.6 Å². The van der Waals surface area contributed by atoms with Crippen molar-refractivity contribution in [3.05, 3.63) is 41.6 Å². The maximum atomic E-state index is 12.7. The van der Waals surface area contributed by atoms with Crippen LogP contribution in [0.3, 0.4) is 0 Å². The van der Waals surface area contributed by atoms with E-state index in [1.54, 1.807) is 36.1 Å². The van der Waals surface area contributed by atoms with Crippen LogP contribution in [-0.2, 0) is 23.2 Å². The molecular formula is C17H20N4O5.